The predicted molar refractivity (Wildman–Crippen MR) is 68.8 cm³/mol. The molecule has 0 atom stereocenters. The first-order valence-electron chi connectivity index (χ1n) is 5.11. The van der Waals surface area contributed by atoms with Gasteiger partial charge >= 0.3 is 0 Å². The van der Waals surface area contributed by atoms with Crippen LogP contribution in [0.2, 0.25) is 0 Å². The quantitative estimate of drug-likeness (QED) is 0.574. The van der Waals surface area contributed by atoms with Crippen LogP contribution in [0.5, 0.6) is 0 Å². The second-order valence-corrected chi connectivity index (χ2v) is 2.45. The molecule has 13 heavy (non-hydrogen) atoms. The first-order valence-corrected chi connectivity index (χ1v) is 7.27. The van der Waals surface area contributed by atoms with Crippen LogP contribution in [0, 0.1) is 0 Å². The van der Waals surface area contributed by atoms with Crippen LogP contribution >= 0.6 is 22.6 Å². The molecule has 0 spiro atoms. The monoisotopic (exact) mass is 301 g/mol. The molecule has 1 fully saturated rings. The normalized spacial score (nSPS) is 16.4. The molecule has 0 aromatic carbocycles. The Kier molecular flexibility index (Phi) is 18.7. The van der Waals surface area contributed by atoms with Gasteiger partial charge in [0.2, 0.25) is 0 Å². The lowest BCUT2D eigenvalue weighted by Gasteiger charge is -2.25. The van der Waals surface area contributed by atoms with Crippen molar-refractivity contribution >= 4 is 22.6 Å². The SMILES string of the molecule is CC.CCCN1CCOCC1.CI. The van der Waals surface area contributed by atoms with Crippen molar-refractivity contribution in [3.8, 4) is 0 Å². The highest BCUT2D eigenvalue weighted by Gasteiger charge is 2.07. The molecule has 0 bridgehead atoms. The lowest BCUT2D eigenvalue weighted by molar-refractivity contribution is 0.0380. The molecule has 1 aliphatic rings. The van der Waals surface area contributed by atoms with E-state index in [4.69, 9.17) is 4.74 Å². The molecule has 0 N–H and O–H groups in total. The van der Waals surface area contributed by atoms with Crippen molar-refractivity contribution in [2.24, 2.45) is 0 Å². The maximum atomic E-state index is 5.20. The fraction of sp³-hybridized carbons (Fsp3) is 1.00. The summed E-state index contributed by atoms with van der Waals surface area (Å²) in [6.45, 7) is 11.6. The van der Waals surface area contributed by atoms with Gasteiger partial charge < -0.3 is 4.74 Å². The Labute approximate surface area is 97.2 Å². The van der Waals surface area contributed by atoms with E-state index < -0.39 is 0 Å². The summed E-state index contributed by atoms with van der Waals surface area (Å²) >= 11 is 2.15. The van der Waals surface area contributed by atoms with Crippen LogP contribution in [0.4, 0.5) is 0 Å². The fourth-order valence-corrected chi connectivity index (χ4v) is 1.14. The molecule has 0 unspecified atom stereocenters. The molecule has 0 radical (unpaired) electrons. The van der Waals surface area contributed by atoms with Crippen LogP contribution in [0.1, 0.15) is 27.2 Å². The number of nitrogens with zero attached hydrogens (tertiary/aromatic N) is 1. The third-order valence-electron chi connectivity index (χ3n) is 1.64. The summed E-state index contributed by atoms with van der Waals surface area (Å²) in [5.74, 6) is 0. The van der Waals surface area contributed by atoms with Gasteiger partial charge in [0, 0.05) is 13.1 Å². The highest BCUT2D eigenvalue weighted by Crippen LogP contribution is 1.96. The van der Waals surface area contributed by atoms with Gasteiger partial charge in [0.15, 0.2) is 0 Å². The Morgan fingerprint density at radius 1 is 1.15 bits per heavy atom. The minimum absolute atomic E-state index is 0.931. The molecule has 1 aliphatic heterocycles. The van der Waals surface area contributed by atoms with Gasteiger partial charge in [0.1, 0.15) is 0 Å². The average Bonchev–Trinajstić information content (AvgIpc) is 2.26. The summed E-state index contributed by atoms with van der Waals surface area (Å²) in [6.07, 6.45) is 1.26. The smallest absolute Gasteiger partial charge is 0.0594 e. The molecule has 2 nitrogen and oxygen atoms in total. The van der Waals surface area contributed by atoms with Crippen molar-refractivity contribution in [2.45, 2.75) is 27.2 Å². The Morgan fingerprint density at radius 2 is 1.62 bits per heavy atom. The number of rotatable bonds is 2. The molecular formula is C10H24INO. The highest BCUT2D eigenvalue weighted by molar-refractivity contribution is 14.1. The first kappa shape index (κ1) is 16.1. The van der Waals surface area contributed by atoms with Gasteiger partial charge in [0.05, 0.1) is 13.2 Å². The number of halogens is 1. The maximum absolute atomic E-state index is 5.20. The second kappa shape index (κ2) is 15.1. The Balaban J connectivity index is 0. The Hall–Kier alpha value is 0.650. The second-order valence-electron chi connectivity index (χ2n) is 2.45. The summed E-state index contributed by atoms with van der Waals surface area (Å²) in [5, 5.41) is 0. The third-order valence-corrected chi connectivity index (χ3v) is 1.64. The van der Waals surface area contributed by atoms with E-state index in [1.54, 1.807) is 0 Å². The van der Waals surface area contributed by atoms with Crippen molar-refractivity contribution in [1.29, 1.82) is 0 Å². The average molecular weight is 301 g/mol. The van der Waals surface area contributed by atoms with E-state index in [2.05, 4.69) is 34.4 Å². The van der Waals surface area contributed by atoms with E-state index in [0.29, 0.717) is 0 Å². The number of hydrogen-bond donors (Lipinski definition) is 0. The van der Waals surface area contributed by atoms with Gasteiger partial charge in [-0.1, -0.05) is 43.4 Å². The molecule has 0 aromatic rings. The zero-order valence-corrected chi connectivity index (χ0v) is 11.6. The molecule has 1 heterocycles. The zero-order chi connectivity index (χ0) is 10.5. The van der Waals surface area contributed by atoms with E-state index in [-0.39, 0.29) is 0 Å². The topological polar surface area (TPSA) is 12.5 Å². The summed E-state index contributed by atoms with van der Waals surface area (Å²) in [4.78, 5) is 4.42. The van der Waals surface area contributed by atoms with E-state index in [0.717, 1.165) is 26.3 Å². The van der Waals surface area contributed by atoms with Gasteiger partial charge in [-0.05, 0) is 17.9 Å². The molecule has 82 valence electrons. The van der Waals surface area contributed by atoms with Crippen molar-refractivity contribution in [1.82, 2.24) is 4.90 Å². The Morgan fingerprint density at radius 3 is 2.00 bits per heavy atom. The number of alkyl halides is 1. The lowest BCUT2D eigenvalue weighted by Crippen LogP contribution is -2.36. The van der Waals surface area contributed by atoms with Gasteiger partial charge in [0.25, 0.3) is 0 Å². The Bertz CT molecular complexity index is 72.6. The van der Waals surface area contributed by atoms with Crippen molar-refractivity contribution < 1.29 is 4.74 Å². The summed E-state index contributed by atoms with van der Waals surface area (Å²) < 4.78 is 5.20. The van der Waals surface area contributed by atoms with Crippen LogP contribution in [0.3, 0.4) is 0 Å². The molecule has 1 saturated heterocycles. The van der Waals surface area contributed by atoms with E-state index in [9.17, 15) is 0 Å². The number of morpholine rings is 1. The number of hydrogen-bond acceptors (Lipinski definition) is 2. The predicted octanol–water partition coefficient (Wildman–Crippen LogP) is 2.81. The summed E-state index contributed by atoms with van der Waals surface area (Å²) in [5.41, 5.74) is 0. The first-order chi connectivity index (χ1) is 6.43. The van der Waals surface area contributed by atoms with Crippen molar-refractivity contribution in [2.75, 3.05) is 37.8 Å². The van der Waals surface area contributed by atoms with Crippen molar-refractivity contribution in [3.05, 3.63) is 0 Å². The van der Waals surface area contributed by atoms with Gasteiger partial charge in [-0.25, -0.2) is 0 Å². The van der Waals surface area contributed by atoms with Crippen LogP contribution in [-0.4, -0.2) is 42.7 Å². The molecule has 0 amide bonds. The van der Waals surface area contributed by atoms with Crippen LogP contribution in [0.25, 0.3) is 0 Å². The molecule has 0 saturated carbocycles. The fourth-order valence-electron chi connectivity index (χ4n) is 1.14. The van der Waals surface area contributed by atoms with Crippen LogP contribution < -0.4 is 0 Å². The van der Waals surface area contributed by atoms with Gasteiger partial charge in [-0.2, -0.15) is 0 Å². The van der Waals surface area contributed by atoms with Crippen molar-refractivity contribution in [3.63, 3.8) is 0 Å². The maximum Gasteiger partial charge on any atom is 0.0594 e. The highest BCUT2D eigenvalue weighted by atomic mass is 127. The zero-order valence-electron chi connectivity index (χ0n) is 9.48. The van der Waals surface area contributed by atoms with E-state index in [1.165, 1.54) is 13.0 Å². The van der Waals surface area contributed by atoms with Gasteiger partial charge in [-0.3, -0.25) is 4.90 Å². The minimum atomic E-state index is 0.931. The standard InChI is InChI=1S/C7H15NO.C2H6.CH3I/c1-2-3-8-4-6-9-7-5-8;2*1-2/h2-7H2,1H3;1-2H3;1H3. The molecule has 0 aromatic heterocycles. The number of ether oxygens (including phenoxy) is 1. The van der Waals surface area contributed by atoms with E-state index >= 15 is 0 Å². The van der Waals surface area contributed by atoms with Crippen LogP contribution in [-0.2, 0) is 4.74 Å². The summed E-state index contributed by atoms with van der Waals surface area (Å²) in [6, 6.07) is 0. The molecule has 3 heteroatoms. The van der Waals surface area contributed by atoms with Crippen LogP contribution in [0.15, 0.2) is 0 Å². The third kappa shape index (κ3) is 10.6. The van der Waals surface area contributed by atoms with E-state index in [1.807, 2.05) is 18.8 Å². The molecular weight excluding hydrogens is 277 g/mol. The minimum Gasteiger partial charge on any atom is -0.379 e. The summed E-state index contributed by atoms with van der Waals surface area (Å²) in [7, 11) is 0. The molecule has 0 aliphatic carbocycles. The lowest BCUT2D eigenvalue weighted by atomic mass is 10.4. The van der Waals surface area contributed by atoms with Gasteiger partial charge in [-0.15, -0.1) is 0 Å². The molecule has 1 rings (SSSR count). The largest absolute Gasteiger partial charge is 0.379 e.